The molecule has 1 unspecified atom stereocenters. The molecule has 1 atom stereocenters. The van der Waals surface area contributed by atoms with Crippen LogP contribution in [-0.2, 0) is 12.7 Å². The number of hydrogen-bond donors (Lipinski definition) is 1. The van der Waals surface area contributed by atoms with E-state index in [1.54, 1.807) is 6.07 Å². The molecule has 0 fully saturated rings. The van der Waals surface area contributed by atoms with Crippen molar-refractivity contribution in [3.05, 3.63) is 35.4 Å². The Labute approximate surface area is 108 Å². The normalized spacial score (nSPS) is 13.7. The van der Waals surface area contributed by atoms with E-state index in [9.17, 15) is 13.2 Å². The van der Waals surface area contributed by atoms with Crippen LogP contribution in [0.3, 0.4) is 0 Å². The summed E-state index contributed by atoms with van der Waals surface area (Å²) in [5.41, 5.74) is 0.0613. The first-order chi connectivity index (χ1) is 7.93. The van der Waals surface area contributed by atoms with Gasteiger partial charge in [0.05, 0.1) is 5.56 Å². The van der Waals surface area contributed by atoms with Crippen molar-refractivity contribution >= 4 is 15.9 Å². The molecule has 0 amide bonds. The number of halogens is 4. The fourth-order valence-corrected chi connectivity index (χ4v) is 2.10. The largest absolute Gasteiger partial charge is 0.416 e. The molecule has 0 aliphatic carbocycles. The average molecular weight is 310 g/mol. The third-order valence-corrected chi connectivity index (χ3v) is 2.91. The highest BCUT2D eigenvalue weighted by Gasteiger charge is 2.30. The summed E-state index contributed by atoms with van der Waals surface area (Å²) in [6.45, 7) is 2.47. The van der Waals surface area contributed by atoms with E-state index in [1.807, 2.05) is 6.92 Å². The molecule has 0 aromatic heterocycles. The van der Waals surface area contributed by atoms with Gasteiger partial charge in [0.15, 0.2) is 0 Å². The summed E-state index contributed by atoms with van der Waals surface area (Å²) in [4.78, 5) is 0. The molecule has 17 heavy (non-hydrogen) atoms. The molecule has 0 aliphatic rings. The van der Waals surface area contributed by atoms with Crippen LogP contribution in [0.5, 0.6) is 0 Å². The Balaban J connectivity index is 2.60. The standard InChI is InChI=1S/C12H15BrF3N/c1-9(5-6-13)17-8-10-3-2-4-11(7-10)12(14,15)16/h2-4,7,9,17H,5-6,8H2,1H3. The molecule has 1 aromatic carbocycles. The van der Waals surface area contributed by atoms with Crippen molar-refractivity contribution < 1.29 is 13.2 Å². The SMILES string of the molecule is CC(CCBr)NCc1cccc(C(F)(F)F)c1. The maximum Gasteiger partial charge on any atom is 0.416 e. The van der Waals surface area contributed by atoms with Crippen LogP contribution < -0.4 is 5.32 Å². The predicted octanol–water partition coefficient (Wildman–Crippen LogP) is 3.97. The Bertz CT molecular complexity index is 352. The van der Waals surface area contributed by atoms with E-state index in [2.05, 4.69) is 21.2 Å². The van der Waals surface area contributed by atoms with Crippen LogP contribution in [0.2, 0.25) is 0 Å². The first-order valence-electron chi connectivity index (χ1n) is 5.39. The Morgan fingerprint density at radius 2 is 2.06 bits per heavy atom. The molecule has 0 spiro atoms. The van der Waals surface area contributed by atoms with Gasteiger partial charge in [-0.25, -0.2) is 0 Å². The third kappa shape index (κ3) is 5.08. The first kappa shape index (κ1) is 14.5. The molecule has 0 saturated carbocycles. The summed E-state index contributed by atoms with van der Waals surface area (Å²) in [5, 5.41) is 4.06. The second-order valence-corrected chi connectivity index (χ2v) is 4.75. The molecule has 0 radical (unpaired) electrons. The molecule has 0 heterocycles. The molecule has 1 N–H and O–H groups in total. The van der Waals surface area contributed by atoms with Crippen LogP contribution in [0, 0.1) is 0 Å². The van der Waals surface area contributed by atoms with Crippen molar-refractivity contribution in [3.63, 3.8) is 0 Å². The Morgan fingerprint density at radius 1 is 1.35 bits per heavy atom. The minimum atomic E-state index is -4.27. The number of rotatable bonds is 5. The Hall–Kier alpha value is -0.550. The second-order valence-electron chi connectivity index (χ2n) is 3.96. The number of alkyl halides is 4. The topological polar surface area (TPSA) is 12.0 Å². The van der Waals surface area contributed by atoms with E-state index in [0.29, 0.717) is 12.1 Å². The van der Waals surface area contributed by atoms with E-state index in [1.165, 1.54) is 12.1 Å². The van der Waals surface area contributed by atoms with Crippen LogP contribution in [0.25, 0.3) is 0 Å². The van der Waals surface area contributed by atoms with Gasteiger partial charge in [-0.15, -0.1) is 0 Å². The summed E-state index contributed by atoms with van der Waals surface area (Å²) in [6.07, 6.45) is -3.32. The fraction of sp³-hybridized carbons (Fsp3) is 0.500. The van der Waals surface area contributed by atoms with Crippen molar-refractivity contribution in [1.82, 2.24) is 5.32 Å². The van der Waals surface area contributed by atoms with E-state index in [4.69, 9.17) is 0 Å². The summed E-state index contributed by atoms with van der Waals surface area (Å²) in [7, 11) is 0. The van der Waals surface area contributed by atoms with Crippen LogP contribution in [0.1, 0.15) is 24.5 Å². The average Bonchev–Trinajstić information content (AvgIpc) is 2.26. The molecule has 1 aromatic rings. The molecule has 0 saturated heterocycles. The van der Waals surface area contributed by atoms with Crippen LogP contribution in [-0.4, -0.2) is 11.4 Å². The zero-order valence-corrected chi connectivity index (χ0v) is 11.1. The number of hydrogen-bond acceptors (Lipinski definition) is 1. The molecule has 0 bridgehead atoms. The Kier molecular flexibility index (Phi) is 5.46. The minimum Gasteiger partial charge on any atom is -0.310 e. The van der Waals surface area contributed by atoms with Crippen molar-refractivity contribution in [3.8, 4) is 0 Å². The molecule has 0 aliphatic heterocycles. The van der Waals surface area contributed by atoms with Crippen LogP contribution >= 0.6 is 15.9 Å². The smallest absolute Gasteiger partial charge is 0.310 e. The van der Waals surface area contributed by atoms with E-state index < -0.39 is 11.7 Å². The van der Waals surface area contributed by atoms with Gasteiger partial charge in [0.1, 0.15) is 0 Å². The summed E-state index contributed by atoms with van der Waals surface area (Å²) in [6, 6.07) is 5.70. The van der Waals surface area contributed by atoms with Crippen molar-refractivity contribution in [2.45, 2.75) is 32.1 Å². The zero-order chi connectivity index (χ0) is 12.9. The number of nitrogens with one attached hydrogen (secondary N) is 1. The summed E-state index contributed by atoms with van der Waals surface area (Å²) >= 11 is 3.33. The quantitative estimate of drug-likeness (QED) is 0.812. The van der Waals surface area contributed by atoms with Gasteiger partial charge < -0.3 is 5.32 Å². The van der Waals surface area contributed by atoms with Gasteiger partial charge in [-0.1, -0.05) is 34.1 Å². The monoisotopic (exact) mass is 309 g/mol. The van der Waals surface area contributed by atoms with E-state index in [0.717, 1.165) is 17.8 Å². The molecular formula is C12H15BrF3N. The van der Waals surface area contributed by atoms with Crippen LogP contribution in [0.4, 0.5) is 13.2 Å². The van der Waals surface area contributed by atoms with Crippen LogP contribution in [0.15, 0.2) is 24.3 Å². The lowest BCUT2D eigenvalue weighted by atomic mass is 10.1. The highest BCUT2D eigenvalue weighted by molar-refractivity contribution is 9.09. The highest BCUT2D eigenvalue weighted by atomic mass is 79.9. The van der Waals surface area contributed by atoms with Gasteiger partial charge in [0, 0.05) is 17.9 Å². The minimum absolute atomic E-state index is 0.281. The van der Waals surface area contributed by atoms with Gasteiger partial charge >= 0.3 is 6.18 Å². The van der Waals surface area contributed by atoms with Gasteiger partial charge in [-0.3, -0.25) is 0 Å². The molecule has 5 heteroatoms. The lowest BCUT2D eigenvalue weighted by Gasteiger charge is -2.13. The zero-order valence-electron chi connectivity index (χ0n) is 9.52. The van der Waals surface area contributed by atoms with Gasteiger partial charge in [0.25, 0.3) is 0 Å². The fourth-order valence-electron chi connectivity index (χ4n) is 1.42. The molecule has 1 rings (SSSR count). The second kappa shape index (κ2) is 6.40. The summed E-state index contributed by atoms with van der Waals surface area (Å²) < 4.78 is 37.4. The predicted molar refractivity (Wildman–Crippen MR) is 66.2 cm³/mol. The first-order valence-corrected chi connectivity index (χ1v) is 6.51. The summed E-state index contributed by atoms with van der Waals surface area (Å²) in [5.74, 6) is 0. The van der Waals surface area contributed by atoms with Gasteiger partial charge in [0.2, 0.25) is 0 Å². The lowest BCUT2D eigenvalue weighted by molar-refractivity contribution is -0.137. The maximum atomic E-state index is 12.5. The third-order valence-electron chi connectivity index (χ3n) is 2.45. The van der Waals surface area contributed by atoms with E-state index >= 15 is 0 Å². The lowest BCUT2D eigenvalue weighted by Crippen LogP contribution is -2.25. The molecular weight excluding hydrogens is 295 g/mol. The molecule has 1 nitrogen and oxygen atoms in total. The molecule has 96 valence electrons. The van der Waals surface area contributed by atoms with Gasteiger partial charge in [-0.2, -0.15) is 13.2 Å². The van der Waals surface area contributed by atoms with E-state index in [-0.39, 0.29) is 6.04 Å². The maximum absolute atomic E-state index is 12.5. The number of benzene rings is 1. The van der Waals surface area contributed by atoms with Crippen molar-refractivity contribution in [2.75, 3.05) is 5.33 Å². The highest BCUT2D eigenvalue weighted by Crippen LogP contribution is 2.29. The van der Waals surface area contributed by atoms with Crippen molar-refractivity contribution in [1.29, 1.82) is 0 Å². The Morgan fingerprint density at radius 3 is 2.65 bits per heavy atom. The van der Waals surface area contributed by atoms with Crippen molar-refractivity contribution in [2.24, 2.45) is 0 Å². The van der Waals surface area contributed by atoms with Gasteiger partial charge in [-0.05, 0) is 25.0 Å².